The average molecular weight is 371 g/mol. The summed E-state index contributed by atoms with van der Waals surface area (Å²) in [4.78, 5) is 13.5. The van der Waals surface area contributed by atoms with Gasteiger partial charge in [-0.1, -0.05) is 19.3 Å². The lowest BCUT2D eigenvalue weighted by atomic mass is 9.95. The van der Waals surface area contributed by atoms with Gasteiger partial charge in [-0.05, 0) is 38.0 Å². The minimum atomic E-state index is -2.90. The topological polar surface area (TPSA) is 52.0 Å². The molecule has 5 nitrogen and oxygen atoms in total. The second-order valence-electron chi connectivity index (χ2n) is 6.95. The standard InChI is InChI=1S/C19H28F2N2O3/c1-13(18(24)22-15-7-5-4-6-8-15)23(2)12-14-9-10-16(26-19(20)21)17(11-14)25-3/h9-11,13,15,19H,4-8,12H2,1-3H3,(H,22,24)/p+1/t13-/m0/s1. The zero-order valence-electron chi connectivity index (χ0n) is 15.7. The Morgan fingerprint density at radius 1 is 1.27 bits per heavy atom. The molecule has 1 amide bonds. The molecule has 0 aliphatic heterocycles. The van der Waals surface area contributed by atoms with Crippen LogP contribution in [0.2, 0.25) is 0 Å². The Hall–Kier alpha value is -1.89. The lowest BCUT2D eigenvalue weighted by molar-refractivity contribution is -0.908. The first-order valence-electron chi connectivity index (χ1n) is 9.15. The Morgan fingerprint density at radius 3 is 2.58 bits per heavy atom. The largest absolute Gasteiger partial charge is 0.493 e. The molecule has 1 aromatic rings. The SMILES string of the molecule is COc1cc(C[NH+](C)[C@@H](C)C(=O)NC2CCCCC2)ccc1OC(F)F. The Kier molecular flexibility index (Phi) is 7.63. The zero-order chi connectivity index (χ0) is 19.1. The zero-order valence-corrected chi connectivity index (χ0v) is 15.7. The number of methoxy groups -OCH3 is 1. The van der Waals surface area contributed by atoms with Crippen LogP contribution >= 0.6 is 0 Å². The van der Waals surface area contributed by atoms with E-state index in [1.807, 2.05) is 14.0 Å². The molecule has 0 aromatic heterocycles. The Morgan fingerprint density at radius 2 is 1.96 bits per heavy atom. The highest BCUT2D eigenvalue weighted by Crippen LogP contribution is 2.29. The van der Waals surface area contributed by atoms with Gasteiger partial charge in [0.1, 0.15) is 6.54 Å². The summed E-state index contributed by atoms with van der Waals surface area (Å²) in [6.07, 6.45) is 5.71. The van der Waals surface area contributed by atoms with E-state index >= 15 is 0 Å². The molecule has 26 heavy (non-hydrogen) atoms. The number of hydrogen-bond acceptors (Lipinski definition) is 3. The number of likely N-dealkylation sites (N-methyl/N-ethyl adjacent to an activating group) is 1. The van der Waals surface area contributed by atoms with Crippen molar-refractivity contribution < 1.29 is 27.9 Å². The summed E-state index contributed by atoms with van der Waals surface area (Å²) in [5.41, 5.74) is 0.887. The molecule has 2 atom stereocenters. The van der Waals surface area contributed by atoms with E-state index < -0.39 is 6.61 Å². The minimum absolute atomic E-state index is 0.00648. The van der Waals surface area contributed by atoms with Gasteiger partial charge in [-0.25, -0.2) is 0 Å². The average Bonchev–Trinajstić information content (AvgIpc) is 2.62. The monoisotopic (exact) mass is 371 g/mol. The number of amides is 1. The molecule has 1 aliphatic rings. The maximum atomic E-state index is 12.5. The molecule has 1 aliphatic carbocycles. The number of hydrogen-bond donors (Lipinski definition) is 2. The summed E-state index contributed by atoms with van der Waals surface area (Å²) < 4.78 is 34.4. The molecule has 1 fully saturated rings. The smallest absolute Gasteiger partial charge is 0.387 e. The van der Waals surface area contributed by atoms with Crippen molar-refractivity contribution in [1.29, 1.82) is 0 Å². The molecular formula is C19H29F2N2O3+. The first kappa shape index (κ1) is 20.4. The number of halogens is 2. The number of nitrogens with one attached hydrogen (secondary N) is 2. The van der Waals surface area contributed by atoms with Crippen LogP contribution in [0.25, 0.3) is 0 Å². The maximum absolute atomic E-state index is 12.5. The summed E-state index contributed by atoms with van der Waals surface area (Å²) in [5.74, 6) is 0.320. The van der Waals surface area contributed by atoms with E-state index in [4.69, 9.17) is 4.74 Å². The fourth-order valence-electron chi connectivity index (χ4n) is 3.29. The molecule has 0 spiro atoms. The van der Waals surface area contributed by atoms with Crippen LogP contribution in [-0.2, 0) is 11.3 Å². The Labute approximate surface area is 153 Å². The van der Waals surface area contributed by atoms with Gasteiger partial charge in [0.25, 0.3) is 5.91 Å². The molecule has 0 saturated heterocycles. The summed E-state index contributed by atoms with van der Waals surface area (Å²) in [7, 11) is 3.36. The fourth-order valence-corrected chi connectivity index (χ4v) is 3.29. The molecule has 1 unspecified atom stereocenters. The van der Waals surface area contributed by atoms with Crippen LogP contribution in [0.4, 0.5) is 8.78 Å². The van der Waals surface area contributed by atoms with Crippen LogP contribution in [0.3, 0.4) is 0 Å². The van der Waals surface area contributed by atoms with E-state index in [1.54, 1.807) is 12.1 Å². The van der Waals surface area contributed by atoms with E-state index in [0.29, 0.717) is 6.54 Å². The van der Waals surface area contributed by atoms with Gasteiger partial charge >= 0.3 is 6.61 Å². The number of alkyl halides is 2. The fraction of sp³-hybridized carbons (Fsp3) is 0.632. The van der Waals surface area contributed by atoms with Crippen molar-refractivity contribution in [3.8, 4) is 11.5 Å². The quantitative estimate of drug-likeness (QED) is 0.736. The summed E-state index contributed by atoms with van der Waals surface area (Å²) >= 11 is 0. The number of carbonyl (C=O) groups is 1. The second kappa shape index (κ2) is 9.71. The van der Waals surface area contributed by atoms with Crippen molar-refractivity contribution in [2.24, 2.45) is 0 Å². The predicted octanol–water partition coefficient (Wildman–Crippen LogP) is 2.15. The molecule has 7 heteroatoms. The number of quaternary nitrogens is 1. The van der Waals surface area contributed by atoms with Crippen molar-refractivity contribution in [2.45, 2.75) is 64.3 Å². The minimum Gasteiger partial charge on any atom is -0.493 e. The highest BCUT2D eigenvalue weighted by atomic mass is 19.3. The van der Waals surface area contributed by atoms with E-state index in [9.17, 15) is 13.6 Å². The van der Waals surface area contributed by atoms with E-state index in [0.717, 1.165) is 23.3 Å². The van der Waals surface area contributed by atoms with Gasteiger partial charge in [0.05, 0.1) is 14.2 Å². The Balaban J connectivity index is 1.94. The van der Waals surface area contributed by atoms with E-state index in [-0.39, 0.29) is 29.5 Å². The lowest BCUT2D eigenvalue weighted by Crippen LogP contribution is -3.12. The second-order valence-corrected chi connectivity index (χ2v) is 6.95. The number of benzene rings is 1. The first-order valence-corrected chi connectivity index (χ1v) is 9.15. The molecule has 1 aromatic carbocycles. The van der Waals surface area contributed by atoms with Gasteiger partial charge in [-0.15, -0.1) is 0 Å². The third kappa shape index (κ3) is 5.83. The van der Waals surface area contributed by atoms with E-state index in [1.165, 1.54) is 32.4 Å². The lowest BCUT2D eigenvalue weighted by Gasteiger charge is -2.26. The van der Waals surface area contributed by atoms with Gasteiger partial charge in [-0.3, -0.25) is 4.79 Å². The van der Waals surface area contributed by atoms with Crippen LogP contribution < -0.4 is 19.7 Å². The third-order valence-corrected chi connectivity index (χ3v) is 5.01. The number of ether oxygens (including phenoxy) is 2. The maximum Gasteiger partial charge on any atom is 0.387 e. The van der Waals surface area contributed by atoms with Crippen molar-refractivity contribution in [3.05, 3.63) is 23.8 Å². The van der Waals surface area contributed by atoms with Crippen LogP contribution in [0.15, 0.2) is 18.2 Å². The van der Waals surface area contributed by atoms with Crippen LogP contribution in [0.5, 0.6) is 11.5 Å². The van der Waals surface area contributed by atoms with Gasteiger partial charge < -0.3 is 19.7 Å². The molecule has 2 rings (SSSR count). The van der Waals surface area contributed by atoms with Crippen molar-refractivity contribution in [3.63, 3.8) is 0 Å². The molecule has 1 saturated carbocycles. The van der Waals surface area contributed by atoms with Gasteiger partial charge in [-0.2, -0.15) is 8.78 Å². The van der Waals surface area contributed by atoms with Crippen molar-refractivity contribution >= 4 is 5.91 Å². The number of carbonyl (C=O) groups excluding carboxylic acids is 1. The van der Waals surface area contributed by atoms with Crippen molar-refractivity contribution in [2.75, 3.05) is 14.2 Å². The van der Waals surface area contributed by atoms with Crippen LogP contribution in [-0.4, -0.2) is 38.8 Å². The summed E-state index contributed by atoms with van der Waals surface area (Å²) in [6.45, 7) is -0.421. The highest BCUT2D eigenvalue weighted by Gasteiger charge is 2.25. The predicted molar refractivity (Wildman–Crippen MR) is 94.7 cm³/mol. The van der Waals surface area contributed by atoms with Gasteiger partial charge in [0, 0.05) is 11.6 Å². The highest BCUT2D eigenvalue weighted by molar-refractivity contribution is 5.80. The van der Waals surface area contributed by atoms with Crippen LogP contribution in [0, 0.1) is 0 Å². The molecule has 2 N–H and O–H groups in total. The number of rotatable bonds is 8. The molecule has 146 valence electrons. The van der Waals surface area contributed by atoms with Crippen LogP contribution in [0.1, 0.15) is 44.6 Å². The Bertz CT molecular complexity index is 592. The van der Waals surface area contributed by atoms with Gasteiger partial charge in [0.2, 0.25) is 0 Å². The third-order valence-electron chi connectivity index (χ3n) is 5.01. The van der Waals surface area contributed by atoms with Gasteiger partial charge in [0.15, 0.2) is 17.5 Å². The normalized spacial score (nSPS) is 17.6. The first-order chi connectivity index (χ1) is 12.4. The van der Waals surface area contributed by atoms with Crippen molar-refractivity contribution in [1.82, 2.24) is 5.32 Å². The molecule has 0 radical (unpaired) electrons. The summed E-state index contributed by atoms with van der Waals surface area (Å²) in [5, 5.41) is 3.15. The summed E-state index contributed by atoms with van der Waals surface area (Å²) in [6, 6.07) is 4.94. The van der Waals surface area contributed by atoms with E-state index in [2.05, 4.69) is 10.1 Å². The molecular weight excluding hydrogens is 342 g/mol. The molecule has 0 heterocycles. The molecule has 0 bridgehead atoms.